The molecule has 0 bridgehead atoms. The van der Waals surface area contributed by atoms with E-state index in [1.807, 2.05) is 13.8 Å². The second-order valence-corrected chi connectivity index (χ2v) is 8.33. The number of rotatable bonds is 4. The molecule has 0 radical (unpaired) electrons. The molecule has 2 rings (SSSR count). The predicted octanol–water partition coefficient (Wildman–Crippen LogP) is 2.88. The standard InChI is InChI=1S/C14H19Cl2NO3S/c1-10-8-17(9-11(2)20-10)5-6-21(18,19)14-7-12(15)3-4-13(14)16/h3-4,7,10-11H,5-6,8-9H2,1-2H3/t10-,11-/m1/s1. The Labute approximate surface area is 135 Å². The van der Waals surface area contributed by atoms with Crippen LogP contribution >= 0.6 is 23.2 Å². The van der Waals surface area contributed by atoms with Gasteiger partial charge >= 0.3 is 0 Å². The van der Waals surface area contributed by atoms with Crippen molar-refractivity contribution < 1.29 is 13.2 Å². The number of sulfone groups is 1. The molecule has 2 atom stereocenters. The first-order chi connectivity index (χ1) is 9.78. The topological polar surface area (TPSA) is 46.6 Å². The summed E-state index contributed by atoms with van der Waals surface area (Å²) in [5.41, 5.74) is 0. The van der Waals surface area contributed by atoms with Crippen LogP contribution in [0.2, 0.25) is 10.0 Å². The van der Waals surface area contributed by atoms with Gasteiger partial charge in [0.2, 0.25) is 0 Å². The van der Waals surface area contributed by atoms with Gasteiger partial charge in [-0.2, -0.15) is 0 Å². The zero-order valence-electron chi connectivity index (χ0n) is 12.1. The number of morpholine rings is 1. The largest absolute Gasteiger partial charge is 0.373 e. The maximum Gasteiger partial charge on any atom is 0.181 e. The summed E-state index contributed by atoms with van der Waals surface area (Å²) in [6.07, 6.45) is 0.234. The normalized spacial score (nSPS) is 24.2. The Kier molecular flexibility index (Phi) is 5.54. The third-order valence-corrected chi connectivity index (χ3v) is 5.80. The Hall–Kier alpha value is -0.330. The number of benzene rings is 1. The molecular weight excluding hydrogens is 333 g/mol. The number of hydrogen-bond acceptors (Lipinski definition) is 4. The Morgan fingerprint density at radius 2 is 1.86 bits per heavy atom. The third-order valence-electron chi connectivity index (χ3n) is 3.40. The molecule has 1 aliphatic rings. The van der Waals surface area contributed by atoms with Gasteiger partial charge in [0.05, 0.1) is 27.9 Å². The number of halogens is 2. The van der Waals surface area contributed by atoms with Crippen molar-refractivity contribution in [3.8, 4) is 0 Å². The molecule has 1 saturated heterocycles. The zero-order valence-corrected chi connectivity index (χ0v) is 14.4. The van der Waals surface area contributed by atoms with Crippen LogP contribution in [0.25, 0.3) is 0 Å². The van der Waals surface area contributed by atoms with Gasteiger partial charge in [0.25, 0.3) is 0 Å². The molecule has 1 aliphatic heterocycles. The minimum absolute atomic E-state index is 0.0203. The molecule has 1 heterocycles. The lowest BCUT2D eigenvalue weighted by Gasteiger charge is -2.35. The van der Waals surface area contributed by atoms with E-state index < -0.39 is 9.84 Å². The molecule has 118 valence electrons. The molecule has 1 aromatic rings. The van der Waals surface area contributed by atoms with E-state index in [0.717, 1.165) is 13.1 Å². The van der Waals surface area contributed by atoms with Gasteiger partial charge in [0, 0.05) is 24.7 Å². The second kappa shape index (κ2) is 6.84. The van der Waals surface area contributed by atoms with Crippen molar-refractivity contribution >= 4 is 33.0 Å². The summed E-state index contributed by atoms with van der Waals surface area (Å²) in [6.45, 7) is 5.92. The highest BCUT2D eigenvalue weighted by Gasteiger charge is 2.25. The summed E-state index contributed by atoms with van der Waals surface area (Å²) < 4.78 is 30.5. The van der Waals surface area contributed by atoms with Crippen LogP contribution in [0.15, 0.2) is 23.1 Å². The molecular formula is C14H19Cl2NO3S. The van der Waals surface area contributed by atoms with E-state index in [9.17, 15) is 8.42 Å². The Bertz CT molecular complexity index is 596. The lowest BCUT2D eigenvalue weighted by Crippen LogP contribution is -2.46. The summed E-state index contributed by atoms with van der Waals surface area (Å²) in [5, 5.41) is 0.578. The Balaban J connectivity index is 2.06. The number of ether oxygens (including phenoxy) is 1. The quantitative estimate of drug-likeness (QED) is 0.836. The Morgan fingerprint density at radius 1 is 1.24 bits per heavy atom. The van der Waals surface area contributed by atoms with Gasteiger partial charge in [-0.25, -0.2) is 8.42 Å². The fraction of sp³-hybridized carbons (Fsp3) is 0.571. The van der Waals surface area contributed by atoms with Crippen LogP contribution in [-0.2, 0) is 14.6 Å². The third kappa shape index (κ3) is 4.57. The van der Waals surface area contributed by atoms with Crippen LogP contribution in [0.3, 0.4) is 0 Å². The average Bonchev–Trinajstić information content (AvgIpc) is 2.38. The summed E-state index contributed by atoms with van der Waals surface area (Å²) in [5.74, 6) is 0.0203. The van der Waals surface area contributed by atoms with E-state index in [1.165, 1.54) is 12.1 Å². The molecule has 0 saturated carbocycles. The van der Waals surface area contributed by atoms with E-state index in [2.05, 4.69) is 4.90 Å². The van der Waals surface area contributed by atoms with E-state index in [1.54, 1.807) is 6.07 Å². The van der Waals surface area contributed by atoms with E-state index in [4.69, 9.17) is 27.9 Å². The van der Waals surface area contributed by atoms with Crippen molar-refractivity contribution in [3.63, 3.8) is 0 Å². The number of nitrogens with zero attached hydrogens (tertiary/aromatic N) is 1. The van der Waals surface area contributed by atoms with E-state index in [0.29, 0.717) is 11.6 Å². The van der Waals surface area contributed by atoms with Crippen LogP contribution in [0.5, 0.6) is 0 Å². The van der Waals surface area contributed by atoms with Gasteiger partial charge in [0.1, 0.15) is 0 Å². The van der Waals surface area contributed by atoms with Crippen molar-refractivity contribution in [2.75, 3.05) is 25.4 Å². The highest BCUT2D eigenvalue weighted by atomic mass is 35.5. The number of hydrogen-bond donors (Lipinski definition) is 0. The van der Waals surface area contributed by atoms with Crippen molar-refractivity contribution in [2.24, 2.45) is 0 Å². The zero-order chi connectivity index (χ0) is 15.6. The lowest BCUT2D eigenvalue weighted by molar-refractivity contribution is -0.0662. The van der Waals surface area contributed by atoms with Crippen molar-refractivity contribution in [1.29, 1.82) is 0 Å². The minimum Gasteiger partial charge on any atom is -0.373 e. The van der Waals surface area contributed by atoms with Crippen molar-refractivity contribution in [2.45, 2.75) is 31.0 Å². The highest BCUT2D eigenvalue weighted by molar-refractivity contribution is 7.91. The molecule has 0 amide bonds. The molecule has 1 aromatic carbocycles. The molecule has 0 N–H and O–H groups in total. The van der Waals surface area contributed by atoms with Crippen LogP contribution < -0.4 is 0 Å². The van der Waals surface area contributed by atoms with Crippen LogP contribution in [0.4, 0.5) is 0 Å². The molecule has 21 heavy (non-hydrogen) atoms. The van der Waals surface area contributed by atoms with Gasteiger partial charge in [-0.3, -0.25) is 4.90 Å². The fourth-order valence-electron chi connectivity index (χ4n) is 2.54. The Morgan fingerprint density at radius 3 is 2.48 bits per heavy atom. The first kappa shape index (κ1) is 17.0. The van der Waals surface area contributed by atoms with Crippen LogP contribution in [-0.4, -0.2) is 50.9 Å². The van der Waals surface area contributed by atoms with Crippen LogP contribution in [0, 0.1) is 0 Å². The first-order valence-electron chi connectivity index (χ1n) is 6.83. The summed E-state index contributed by atoms with van der Waals surface area (Å²) in [7, 11) is -3.45. The first-order valence-corrected chi connectivity index (χ1v) is 9.24. The average molecular weight is 352 g/mol. The minimum atomic E-state index is -3.45. The highest BCUT2D eigenvalue weighted by Crippen LogP contribution is 2.26. The summed E-state index contributed by atoms with van der Waals surface area (Å²) in [4.78, 5) is 2.21. The van der Waals surface area contributed by atoms with Gasteiger partial charge in [-0.1, -0.05) is 23.2 Å². The molecule has 0 spiro atoms. The SMILES string of the molecule is C[C@@H]1CN(CCS(=O)(=O)c2cc(Cl)ccc2Cl)C[C@@H](C)O1. The van der Waals surface area contributed by atoms with Crippen molar-refractivity contribution in [1.82, 2.24) is 4.90 Å². The van der Waals surface area contributed by atoms with Crippen molar-refractivity contribution in [3.05, 3.63) is 28.2 Å². The van der Waals surface area contributed by atoms with E-state index >= 15 is 0 Å². The molecule has 0 aliphatic carbocycles. The molecule has 7 heteroatoms. The van der Waals surface area contributed by atoms with Gasteiger partial charge < -0.3 is 4.74 Å². The smallest absolute Gasteiger partial charge is 0.181 e. The fourth-order valence-corrected chi connectivity index (χ4v) is 4.64. The van der Waals surface area contributed by atoms with E-state index in [-0.39, 0.29) is 27.9 Å². The molecule has 0 aromatic heterocycles. The second-order valence-electron chi connectivity index (χ2n) is 5.41. The summed E-state index contributed by atoms with van der Waals surface area (Å²) >= 11 is 11.8. The van der Waals surface area contributed by atoms with Gasteiger partial charge in [-0.05, 0) is 32.0 Å². The summed E-state index contributed by atoms with van der Waals surface area (Å²) in [6, 6.07) is 4.49. The lowest BCUT2D eigenvalue weighted by atomic mass is 10.2. The maximum absolute atomic E-state index is 12.4. The molecule has 0 unspecified atom stereocenters. The monoisotopic (exact) mass is 351 g/mol. The van der Waals surface area contributed by atoms with Gasteiger partial charge in [-0.15, -0.1) is 0 Å². The predicted molar refractivity (Wildman–Crippen MR) is 85.0 cm³/mol. The van der Waals surface area contributed by atoms with Crippen LogP contribution in [0.1, 0.15) is 13.8 Å². The molecule has 4 nitrogen and oxygen atoms in total. The molecule has 1 fully saturated rings. The maximum atomic E-state index is 12.4. The van der Waals surface area contributed by atoms with Gasteiger partial charge in [0.15, 0.2) is 9.84 Å².